The van der Waals surface area contributed by atoms with E-state index < -0.39 is 0 Å². The van der Waals surface area contributed by atoms with Crippen molar-refractivity contribution in [2.45, 2.75) is 13.0 Å². The number of hydrogen-bond donors (Lipinski definition) is 1. The molecule has 0 radical (unpaired) electrons. The fourth-order valence-electron chi connectivity index (χ4n) is 1.61. The van der Waals surface area contributed by atoms with E-state index in [-0.39, 0.29) is 0 Å². The lowest BCUT2D eigenvalue weighted by Crippen LogP contribution is -2.10. The molecule has 2 rings (SSSR count). The molecule has 0 amide bonds. The number of likely N-dealkylation sites (N-methyl/N-ethyl adjacent to an activating group) is 1. The van der Waals surface area contributed by atoms with Gasteiger partial charge in [-0.2, -0.15) is 4.98 Å². The Morgan fingerprint density at radius 3 is 2.56 bits per heavy atom. The van der Waals surface area contributed by atoms with Crippen molar-refractivity contribution in [3.05, 3.63) is 41.7 Å². The van der Waals surface area contributed by atoms with Crippen molar-refractivity contribution < 1.29 is 4.74 Å². The molecule has 0 atom stereocenters. The van der Waals surface area contributed by atoms with Gasteiger partial charge < -0.3 is 10.1 Å². The molecule has 0 saturated carbocycles. The average molecular weight is 246 g/mol. The van der Waals surface area contributed by atoms with Gasteiger partial charge in [0, 0.05) is 7.05 Å². The second-order valence-corrected chi connectivity index (χ2v) is 4.16. The Morgan fingerprint density at radius 2 is 1.94 bits per heavy atom. The molecule has 0 saturated heterocycles. The molecule has 2 aromatic rings. The molecule has 1 aromatic heterocycles. The number of aryl methyl sites for hydroxylation is 1. The minimum absolute atomic E-state index is 0.414. The summed E-state index contributed by atoms with van der Waals surface area (Å²) in [5.74, 6) is 0. The highest BCUT2D eigenvalue weighted by atomic mass is 16.5. The molecular formula is C13H18N4O. The molecule has 0 aliphatic carbocycles. The summed E-state index contributed by atoms with van der Waals surface area (Å²) < 4.78 is 7.10. The molecule has 0 fully saturated rings. The van der Waals surface area contributed by atoms with E-state index in [0.29, 0.717) is 12.6 Å². The summed E-state index contributed by atoms with van der Waals surface area (Å²) in [6.07, 6.45) is 2.66. The lowest BCUT2D eigenvalue weighted by molar-refractivity contribution is 0.280. The van der Waals surface area contributed by atoms with E-state index in [9.17, 15) is 0 Å². The van der Waals surface area contributed by atoms with Crippen LogP contribution in [0.2, 0.25) is 0 Å². The second-order valence-electron chi connectivity index (χ2n) is 4.16. The van der Waals surface area contributed by atoms with Crippen LogP contribution >= 0.6 is 0 Å². The molecule has 1 N–H and O–H groups in total. The van der Waals surface area contributed by atoms with Crippen molar-refractivity contribution in [3.8, 4) is 6.01 Å². The lowest BCUT2D eigenvalue weighted by atomic mass is 10.1. The van der Waals surface area contributed by atoms with E-state index in [1.807, 2.05) is 14.1 Å². The van der Waals surface area contributed by atoms with Crippen LogP contribution in [0.15, 0.2) is 30.6 Å². The standard InChI is InChI=1S/C13H18N4O/c1-14-8-7-11-3-5-12(6-4-11)9-18-13-15-10-17(2)16-13/h3-6,10,14H,7-9H2,1-2H3. The van der Waals surface area contributed by atoms with Gasteiger partial charge in [0.1, 0.15) is 12.9 Å². The molecule has 5 heteroatoms. The fourth-order valence-corrected chi connectivity index (χ4v) is 1.61. The highest BCUT2D eigenvalue weighted by Crippen LogP contribution is 2.08. The molecular weight excluding hydrogens is 228 g/mol. The van der Waals surface area contributed by atoms with Crippen LogP contribution in [0.1, 0.15) is 11.1 Å². The SMILES string of the molecule is CNCCc1ccc(COc2ncn(C)n2)cc1. The highest BCUT2D eigenvalue weighted by molar-refractivity contribution is 5.22. The fraction of sp³-hybridized carbons (Fsp3) is 0.385. The van der Waals surface area contributed by atoms with Gasteiger partial charge in [-0.15, -0.1) is 5.10 Å². The first-order valence-electron chi connectivity index (χ1n) is 5.99. The number of nitrogens with zero attached hydrogens (tertiary/aromatic N) is 3. The normalized spacial score (nSPS) is 10.6. The van der Waals surface area contributed by atoms with Crippen LogP contribution in [0.25, 0.3) is 0 Å². The van der Waals surface area contributed by atoms with Crippen LogP contribution in [0.5, 0.6) is 6.01 Å². The van der Waals surface area contributed by atoms with Crippen molar-refractivity contribution in [2.24, 2.45) is 7.05 Å². The third-order valence-corrected chi connectivity index (χ3v) is 2.63. The number of nitrogens with one attached hydrogen (secondary N) is 1. The first-order valence-corrected chi connectivity index (χ1v) is 5.99. The number of rotatable bonds is 6. The van der Waals surface area contributed by atoms with Gasteiger partial charge in [-0.05, 0) is 31.1 Å². The van der Waals surface area contributed by atoms with Gasteiger partial charge in [-0.1, -0.05) is 24.3 Å². The largest absolute Gasteiger partial charge is 0.458 e. The first-order chi connectivity index (χ1) is 8.78. The van der Waals surface area contributed by atoms with Gasteiger partial charge in [0.05, 0.1) is 0 Å². The maximum absolute atomic E-state index is 5.48. The molecule has 0 aliphatic rings. The maximum Gasteiger partial charge on any atom is 0.335 e. The van der Waals surface area contributed by atoms with Crippen molar-refractivity contribution in [2.75, 3.05) is 13.6 Å². The van der Waals surface area contributed by atoms with Crippen molar-refractivity contribution in [1.82, 2.24) is 20.1 Å². The van der Waals surface area contributed by atoms with Crippen molar-refractivity contribution in [1.29, 1.82) is 0 Å². The average Bonchev–Trinajstić information content (AvgIpc) is 2.81. The predicted molar refractivity (Wildman–Crippen MR) is 69.4 cm³/mol. The Morgan fingerprint density at radius 1 is 1.22 bits per heavy atom. The smallest absolute Gasteiger partial charge is 0.335 e. The van der Waals surface area contributed by atoms with Crippen molar-refractivity contribution >= 4 is 0 Å². The van der Waals surface area contributed by atoms with Gasteiger partial charge in [-0.3, -0.25) is 4.68 Å². The molecule has 96 valence electrons. The Bertz CT molecular complexity index is 478. The molecule has 5 nitrogen and oxygen atoms in total. The lowest BCUT2D eigenvalue weighted by Gasteiger charge is -2.04. The number of aromatic nitrogens is 3. The van der Waals surface area contributed by atoms with Crippen LogP contribution in [0, 0.1) is 0 Å². The van der Waals surface area contributed by atoms with Crippen LogP contribution in [-0.4, -0.2) is 28.4 Å². The van der Waals surface area contributed by atoms with E-state index in [1.54, 1.807) is 11.0 Å². The van der Waals surface area contributed by atoms with E-state index in [0.717, 1.165) is 18.5 Å². The number of ether oxygens (including phenoxy) is 1. The highest BCUT2D eigenvalue weighted by Gasteiger charge is 2.00. The number of hydrogen-bond acceptors (Lipinski definition) is 4. The van der Waals surface area contributed by atoms with E-state index in [1.165, 1.54) is 5.56 Å². The molecule has 0 bridgehead atoms. The van der Waals surface area contributed by atoms with E-state index in [2.05, 4.69) is 39.7 Å². The monoisotopic (exact) mass is 246 g/mol. The zero-order valence-corrected chi connectivity index (χ0v) is 10.8. The zero-order chi connectivity index (χ0) is 12.8. The summed E-state index contributed by atoms with van der Waals surface area (Å²) in [4.78, 5) is 4.01. The minimum Gasteiger partial charge on any atom is -0.458 e. The molecule has 18 heavy (non-hydrogen) atoms. The van der Waals surface area contributed by atoms with E-state index in [4.69, 9.17) is 4.74 Å². The summed E-state index contributed by atoms with van der Waals surface area (Å²) in [6.45, 7) is 1.49. The Kier molecular flexibility index (Phi) is 4.30. The second kappa shape index (κ2) is 6.16. The summed E-state index contributed by atoms with van der Waals surface area (Å²) in [6, 6.07) is 8.82. The Balaban J connectivity index is 1.86. The molecule has 0 aliphatic heterocycles. The third kappa shape index (κ3) is 3.56. The summed E-state index contributed by atoms with van der Waals surface area (Å²) in [7, 11) is 3.78. The maximum atomic E-state index is 5.48. The summed E-state index contributed by atoms with van der Waals surface area (Å²) in [5.41, 5.74) is 2.44. The molecule has 0 spiro atoms. The van der Waals surface area contributed by atoms with Gasteiger partial charge in [-0.25, -0.2) is 0 Å². The topological polar surface area (TPSA) is 52.0 Å². The summed E-state index contributed by atoms with van der Waals surface area (Å²) >= 11 is 0. The number of benzene rings is 1. The molecule has 0 unspecified atom stereocenters. The quantitative estimate of drug-likeness (QED) is 0.831. The Hall–Kier alpha value is -1.88. The minimum atomic E-state index is 0.414. The van der Waals surface area contributed by atoms with Gasteiger partial charge >= 0.3 is 6.01 Å². The first kappa shape index (κ1) is 12.6. The van der Waals surface area contributed by atoms with Crippen LogP contribution in [-0.2, 0) is 20.1 Å². The Labute approximate surface area is 107 Å². The van der Waals surface area contributed by atoms with Crippen LogP contribution < -0.4 is 10.1 Å². The van der Waals surface area contributed by atoms with Crippen LogP contribution in [0.3, 0.4) is 0 Å². The van der Waals surface area contributed by atoms with Crippen LogP contribution in [0.4, 0.5) is 0 Å². The van der Waals surface area contributed by atoms with Crippen molar-refractivity contribution in [3.63, 3.8) is 0 Å². The predicted octanol–water partition coefficient (Wildman–Crippen LogP) is 1.16. The molecule has 1 aromatic carbocycles. The van der Waals surface area contributed by atoms with Gasteiger partial charge in [0.15, 0.2) is 0 Å². The zero-order valence-electron chi connectivity index (χ0n) is 10.8. The van der Waals surface area contributed by atoms with Gasteiger partial charge in [0.2, 0.25) is 0 Å². The third-order valence-electron chi connectivity index (χ3n) is 2.63. The van der Waals surface area contributed by atoms with Gasteiger partial charge in [0.25, 0.3) is 0 Å². The molecule has 1 heterocycles. The summed E-state index contributed by atoms with van der Waals surface area (Å²) in [5, 5.41) is 7.20. The van der Waals surface area contributed by atoms with E-state index >= 15 is 0 Å².